The zero-order valence-corrected chi connectivity index (χ0v) is 12.3. The standard InChI is InChI=1S/C18H15N5/c19-13-5-7-14(8-6-13)20-15-9-11-16(12-10-15)23-21-17-3-1-2-4-18(17)22-23/h1-12,20H,19H2. The number of nitrogen functional groups attached to an aromatic ring is 1. The van der Waals surface area contributed by atoms with Crippen LogP contribution in [0.1, 0.15) is 0 Å². The van der Waals surface area contributed by atoms with Gasteiger partial charge in [-0.05, 0) is 60.7 Å². The highest BCUT2D eigenvalue weighted by Crippen LogP contribution is 2.19. The summed E-state index contributed by atoms with van der Waals surface area (Å²) >= 11 is 0. The van der Waals surface area contributed by atoms with Gasteiger partial charge in [0.25, 0.3) is 0 Å². The Kier molecular flexibility index (Phi) is 3.16. The van der Waals surface area contributed by atoms with Crippen LogP contribution in [0.3, 0.4) is 0 Å². The van der Waals surface area contributed by atoms with Gasteiger partial charge in [0, 0.05) is 17.1 Å². The molecule has 0 aliphatic heterocycles. The molecule has 0 aliphatic rings. The van der Waals surface area contributed by atoms with E-state index in [1.54, 1.807) is 4.80 Å². The summed E-state index contributed by atoms with van der Waals surface area (Å²) in [5.74, 6) is 0. The number of nitrogens with two attached hydrogens (primary N) is 1. The van der Waals surface area contributed by atoms with E-state index < -0.39 is 0 Å². The molecular formula is C18H15N5. The highest BCUT2D eigenvalue weighted by Gasteiger charge is 2.04. The van der Waals surface area contributed by atoms with Crippen LogP contribution < -0.4 is 11.1 Å². The lowest BCUT2D eigenvalue weighted by molar-refractivity contribution is 0.766. The fourth-order valence-electron chi connectivity index (χ4n) is 2.39. The minimum atomic E-state index is 0.753. The topological polar surface area (TPSA) is 68.8 Å². The van der Waals surface area contributed by atoms with Crippen molar-refractivity contribution in [2.75, 3.05) is 11.1 Å². The van der Waals surface area contributed by atoms with Crippen molar-refractivity contribution in [1.82, 2.24) is 15.0 Å². The molecule has 0 aliphatic carbocycles. The van der Waals surface area contributed by atoms with E-state index in [4.69, 9.17) is 5.73 Å². The summed E-state index contributed by atoms with van der Waals surface area (Å²) in [6, 6.07) is 23.4. The second-order valence-corrected chi connectivity index (χ2v) is 5.27. The third-order valence-electron chi connectivity index (χ3n) is 3.58. The molecule has 1 heterocycles. The Balaban J connectivity index is 1.58. The summed E-state index contributed by atoms with van der Waals surface area (Å²) in [6.07, 6.45) is 0. The summed E-state index contributed by atoms with van der Waals surface area (Å²) in [6.45, 7) is 0. The van der Waals surface area contributed by atoms with Crippen LogP contribution in [0.25, 0.3) is 16.7 Å². The molecule has 112 valence electrons. The Labute approximate surface area is 133 Å². The molecule has 0 spiro atoms. The largest absolute Gasteiger partial charge is 0.399 e. The molecule has 23 heavy (non-hydrogen) atoms. The van der Waals surface area contributed by atoms with Crippen molar-refractivity contribution in [3.8, 4) is 5.69 Å². The van der Waals surface area contributed by atoms with Crippen LogP contribution in [0, 0.1) is 0 Å². The molecule has 0 fully saturated rings. The van der Waals surface area contributed by atoms with Crippen molar-refractivity contribution in [1.29, 1.82) is 0 Å². The van der Waals surface area contributed by atoms with Crippen LogP contribution in [0.4, 0.5) is 17.1 Å². The SMILES string of the molecule is Nc1ccc(Nc2ccc(-n3nc4ccccc4n3)cc2)cc1. The van der Waals surface area contributed by atoms with Crippen molar-refractivity contribution < 1.29 is 0 Å². The third kappa shape index (κ3) is 2.72. The fourth-order valence-corrected chi connectivity index (χ4v) is 2.39. The fraction of sp³-hybridized carbons (Fsp3) is 0. The Bertz CT molecular complexity index is 906. The normalized spacial score (nSPS) is 10.8. The molecule has 1 aromatic heterocycles. The van der Waals surface area contributed by atoms with Gasteiger partial charge in [-0.3, -0.25) is 0 Å². The van der Waals surface area contributed by atoms with E-state index in [0.717, 1.165) is 33.8 Å². The summed E-state index contributed by atoms with van der Waals surface area (Å²) in [7, 11) is 0. The molecule has 0 atom stereocenters. The molecule has 0 bridgehead atoms. The van der Waals surface area contributed by atoms with E-state index in [2.05, 4.69) is 15.5 Å². The first-order valence-corrected chi connectivity index (χ1v) is 7.33. The second-order valence-electron chi connectivity index (χ2n) is 5.27. The van der Waals surface area contributed by atoms with Crippen LogP contribution in [0.15, 0.2) is 72.8 Å². The van der Waals surface area contributed by atoms with Gasteiger partial charge in [-0.1, -0.05) is 12.1 Å². The Morgan fingerprint density at radius 1 is 0.696 bits per heavy atom. The predicted molar refractivity (Wildman–Crippen MR) is 93.0 cm³/mol. The lowest BCUT2D eigenvalue weighted by Gasteiger charge is -2.07. The van der Waals surface area contributed by atoms with Gasteiger partial charge in [0.05, 0.1) is 5.69 Å². The number of fused-ring (bicyclic) bond motifs is 1. The van der Waals surface area contributed by atoms with Crippen molar-refractivity contribution in [2.24, 2.45) is 0 Å². The average Bonchev–Trinajstić information content (AvgIpc) is 3.02. The summed E-state index contributed by atoms with van der Waals surface area (Å²) < 4.78 is 0. The number of anilines is 3. The van der Waals surface area contributed by atoms with E-state index in [-0.39, 0.29) is 0 Å². The van der Waals surface area contributed by atoms with Crippen LogP contribution in [0.2, 0.25) is 0 Å². The van der Waals surface area contributed by atoms with Crippen LogP contribution >= 0.6 is 0 Å². The molecule has 0 saturated carbocycles. The van der Waals surface area contributed by atoms with Gasteiger partial charge in [-0.2, -0.15) is 4.80 Å². The zero-order chi connectivity index (χ0) is 15.6. The third-order valence-corrected chi connectivity index (χ3v) is 3.58. The molecule has 0 unspecified atom stereocenters. The molecular weight excluding hydrogens is 286 g/mol. The molecule has 3 aromatic carbocycles. The van der Waals surface area contributed by atoms with Gasteiger partial charge < -0.3 is 11.1 Å². The minimum Gasteiger partial charge on any atom is -0.399 e. The highest BCUT2D eigenvalue weighted by atomic mass is 15.5. The number of nitrogens with one attached hydrogen (secondary N) is 1. The quantitative estimate of drug-likeness (QED) is 0.565. The van der Waals surface area contributed by atoms with E-state index >= 15 is 0 Å². The molecule has 5 nitrogen and oxygen atoms in total. The smallest absolute Gasteiger partial charge is 0.113 e. The van der Waals surface area contributed by atoms with Crippen molar-refractivity contribution in [3.05, 3.63) is 72.8 Å². The second kappa shape index (κ2) is 5.46. The number of aromatic nitrogens is 3. The number of nitrogens with zero attached hydrogens (tertiary/aromatic N) is 3. The van der Waals surface area contributed by atoms with E-state index in [1.807, 2.05) is 72.8 Å². The number of benzene rings is 3. The van der Waals surface area contributed by atoms with E-state index in [9.17, 15) is 0 Å². The van der Waals surface area contributed by atoms with Crippen molar-refractivity contribution in [2.45, 2.75) is 0 Å². The first-order chi connectivity index (χ1) is 11.3. The summed E-state index contributed by atoms with van der Waals surface area (Å²) in [4.78, 5) is 1.65. The first-order valence-electron chi connectivity index (χ1n) is 7.33. The van der Waals surface area contributed by atoms with Gasteiger partial charge >= 0.3 is 0 Å². The van der Waals surface area contributed by atoms with Crippen LogP contribution in [0.5, 0.6) is 0 Å². The van der Waals surface area contributed by atoms with Crippen molar-refractivity contribution >= 4 is 28.1 Å². The van der Waals surface area contributed by atoms with Crippen LogP contribution in [-0.2, 0) is 0 Å². The number of hydrogen-bond acceptors (Lipinski definition) is 4. The molecule has 0 radical (unpaired) electrons. The monoisotopic (exact) mass is 301 g/mol. The van der Waals surface area contributed by atoms with Gasteiger partial charge in [0.2, 0.25) is 0 Å². The maximum atomic E-state index is 5.69. The predicted octanol–water partition coefficient (Wildman–Crippen LogP) is 3.75. The molecule has 0 amide bonds. The van der Waals surface area contributed by atoms with Gasteiger partial charge in [-0.15, -0.1) is 10.2 Å². The highest BCUT2D eigenvalue weighted by molar-refractivity contribution is 5.73. The maximum Gasteiger partial charge on any atom is 0.113 e. The van der Waals surface area contributed by atoms with Crippen molar-refractivity contribution in [3.63, 3.8) is 0 Å². The number of hydrogen-bond donors (Lipinski definition) is 2. The Morgan fingerprint density at radius 3 is 1.78 bits per heavy atom. The number of rotatable bonds is 3. The summed E-state index contributed by atoms with van der Waals surface area (Å²) in [5, 5.41) is 12.3. The Morgan fingerprint density at radius 2 is 1.22 bits per heavy atom. The first kappa shape index (κ1) is 13.3. The Hall–Kier alpha value is -3.34. The van der Waals surface area contributed by atoms with E-state index in [0.29, 0.717) is 0 Å². The van der Waals surface area contributed by atoms with Gasteiger partial charge in [0.15, 0.2) is 0 Å². The maximum absolute atomic E-state index is 5.69. The lowest BCUT2D eigenvalue weighted by atomic mass is 10.2. The van der Waals surface area contributed by atoms with Gasteiger partial charge in [0.1, 0.15) is 11.0 Å². The molecule has 4 aromatic rings. The molecule has 4 rings (SSSR count). The zero-order valence-electron chi connectivity index (χ0n) is 12.3. The van der Waals surface area contributed by atoms with Crippen LogP contribution in [-0.4, -0.2) is 15.0 Å². The van der Waals surface area contributed by atoms with E-state index in [1.165, 1.54) is 0 Å². The summed E-state index contributed by atoms with van der Waals surface area (Å²) in [5.41, 5.74) is 11.1. The average molecular weight is 301 g/mol. The molecule has 5 heteroatoms. The van der Waals surface area contributed by atoms with Gasteiger partial charge in [-0.25, -0.2) is 0 Å². The lowest BCUT2D eigenvalue weighted by Crippen LogP contribution is -1.98. The molecule has 3 N–H and O–H groups in total. The molecule has 0 saturated heterocycles. The minimum absolute atomic E-state index is 0.753.